The van der Waals surface area contributed by atoms with Gasteiger partial charge >= 0.3 is 6.18 Å². The van der Waals surface area contributed by atoms with Crippen LogP contribution < -0.4 is 15.0 Å². The molecule has 2 fully saturated rings. The van der Waals surface area contributed by atoms with Crippen LogP contribution in [0.5, 0.6) is 5.88 Å². The topological polar surface area (TPSA) is 89.0 Å². The molecular weight excluding hydrogens is 513 g/mol. The second-order valence-corrected chi connectivity index (χ2v) is 9.60. The number of rotatable bonds is 7. The second kappa shape index (κ2) is 11.8. The summed E-state index contributed by atoms with van der Waals surface area (Å²) in [6.07, 6.45) is -0.954. The molecule has 2 aliphatic rings. The molecule has 2 saturated heterocycles. The first kappa shape index (κ1) is 27.2. The largest absolute Gasteiger partial charge is 0.473 e. The van der Waals surface area contributed by atoms with Gasteiger partial charge in [-0.1, -0.05) is 12.1 Å². The van der Waals surface area contributed by atoms with Crippen LogP contribution in [-0.2, 0) is 15.7 Å². The standard InChI is InChI=1S/C28H31F3N4O4/c1-18-24(15-22(17-32-18)34-26(36)19-3-2-4-21(13-19)28(29,30)31)20-14-25(35-7-11-38-12-8-35)27(33-16-20)39-23-5-9-37-10-6-23/h2-4,13-17,23,26,34,36H,5-12H2,1H3. The van der Waals surface area contributed by atoms with Crippen LogP contribution in [0.25, 0.3) is 11.1 Å². The van der Waals surface area contributed by atoms with Crippen LogP contribution in [0.2, 0.25) is 0 Å². The highest BCUT2D eigenvalue weighted by Crippen LogP contribution is 2.36. The van der Waals surface area contributed by atoms with Crippen molar-refractivity contribution in [2.75, 3.05) is 49.7 Å². The summed E-state index contributed by atoms with van der Waals surface area (Å²) < 4.78 is 56.7. The number of hydrogen-bond acceptors (Lipinski definition) is 8. The zero-order valence-corrected chi connectivity index (χ0v) is 21.6. The molecule has 5 rings (SSSR count). The third-order valence-corrected chi connectivity index (χ3v) is 6.86. The molecule has 3 aromatic rings. The van der Waals surface area contributed by atoms with Crippen molar-refractivity contribution in [1.29, 1.82) is 0 Å². The molecule has 1 aromatic carbocycles. The number of hydrogen-bond donors (Lipinski definition) is 2. The maximum atomic E-state index is 13.1. The minimum absolute atomic E-state index is 0.0326. The van der Waals surface area contributed by atoms with E-state index in [1.165, 1.54) is 18.3 Å². The summed E-state index contributed by atoms with van der Waals surface area (Å²) in [6.45, 7) is 5.81. The van der Waals surface area contributed by atoms with Gasteiger partial charge in [0.15, 0.2) is 6.23 Å². The highest BCUT2D eigenvalue weighted by atomic mass is 19.4. The third-order valence-electron chi connectivity index (χ3n) is 6.86. The Morgan fingerprint density at radius 2 is 1.77 bits per heavy atom. The van der Waals surface area contributed by atoms with Gasteiger partial charge in [0.1, 0.15) is 11.8 Å². The Labute approximate surface area is 224 Å². The van der Waals surface area contributed by atoms with Gasteiger partial charge < -0.3 is 29.5 Å². The lowest BCUT2D eigenvalue weighted by atomic mass is 10.0. The lowest BCUT2D eigenvalue weighted by molar-refractivity contribution is -0.137. The predicted molar refractivity (Wildman–Crippen MR) is 140 cm³/mol. The van der Waals surface area contributed by atoms with Crippen LogP contribution in [0.4, 0.5) is 24.5 Å². The predicted octanol–water partition coefficient (Wildman–Crippen LogP) is 4.97. The van der Waals surface area contributed by atoms with Gasteiger partial charge in [0, 0.05) is 54.5 Å². The molecule has 0 amide bonds. The van der Waals surface area contributed by atoms with E-state index in [0.29, 0.717) is 51.1 Å². The van der Waals surface area contributed by atoms with Crippen molar-refractivity contribution < 1.29 is 32.5 Å². The molecule has 208 valence electrons. The summed E-state index contributed by atoms with van der Waals surface area (Å²) in [5.41, 5.74) is 2.90. The molecule has 11 heteroatoms. The zero-order valence-electron chi connectivity index (χ0n) is 21.6. The number of aliphatic hydroxyl groups excluding tert-OH is 1. The Morgan fingerprint density at radius 1 is 1.03 bits per heavy atom. The molecule has 0 bridgehead atoms. The minimum Gasteiger partial charge on any atom is -0.473 e. The van der Waals surface area contributed by atoms with Crippen molar-refractivity contribution in [3.63, 3.8) is 0 Å². The smallest absolute Gasteiger partial charge is 0.416 e. The Kier molecular flexibility index (Phi) is 8.20. The monoisotopic (exact) mass is 544 g/mol. The molecule has 2 aliphatic heterocycles. The van der Waals surface area contributed by atoms with Crippen molar-refractivity contribution in [2.45, 2.75) is 38.3 Å². The number of aromatic nitrogens is 2. The van der Waals surface area contributed by atoms with E-state index in [-0.39, 0.29) is 11.7 Å². The van der Waals surface area contributed by atoms with Gasteiger partial charge in [-0.3, -0.25) is 4.98 Å². The van der Waals surface area contributed by atoms with Crippen molar-refractivity contribution >= 4 is 11.4 Å². The second-order valence-electron chi connectivity index (χ2n) is 9.60. The molecule has 39 heavy (non-hydrogen) atoms. The van der Waals surface area contributed by atoms with E-state index < -0.39 is 18.0 Å². The van der Waals surface area contributed by atoms with Gasteiger partial charge in [-0.05, 0) is 31.2 Å². The van der Waals surface area contributed by atoms with Crippen molar-refractivity contribution in [2.24, 2.45) is 0 Å². The van der Waals surface area contributed by atoms with Crippen LogP contribution in [0, 0.1) is 6.92 Å². The van der Waals surface area contributed by atoms with Crippen LogP contribution >= 0.6 is 0 Å². The summed E-state index contributed by atoms with van der Waals surface area (Å²) in [4.78, 5) is 11.3. The van der Waals surface area contributed by atoms with Gasteiger partial charge in [0.05, 0.1) is 43.9 Å². The first-order valence-electron chi connectivity index (χ1n) is 12.9. The molecule has 1 unspecified atom stereocenters. The van der Waals surface area contributed by atoms with Gasteiger partial charge in [-0.2, -0.15) is 13.2 Å². The number of benzene rings is 1. The molecule has 8 nitrogen and oxygen atoms in total. The average Bonchev–Trinajstić information content (AvgIpc) is 2.95. The Bertz CT molecular complexity index is 1280. The van der Waals surface area contributed by atoms with E-state index in [4.69, 9.17) is 14.2 Å². The van der Waals surface area contributed by atoms with Crippen molar-refractivity contribution in [3.05, 3.63) is 65.6 Å². The number of aryl methyl sites for hydroxylation is 1. The fourth-order valence-electron chi connectivity index (χ4n) is 4.69. The lowest BCUT2D eigenvalue weighted by Gasteiger charge is -2.31. The molecule has 2 N–H and O–H groups in total. The number of nitrogens with zero attached hydrogens (tertiary/aromatic N) is 3. The van der Waals surface area contributed by atoms with E-state index in [2.05, 4.69) is 20.2 Å². The quantitative estimate of drug-likeness (QED) is 0.403. The SMILES string of the molecule is Cc1ncc(NC(O)c2cccc(C(F)(F)F)c2)cc1-c1cnc(OC2CCOCC2)c(N2CCOCC2)c1. The number of nitrogens with one attached hydrogen (secondary N) is 1. The van der Waals surface area contributed by atoms with Crippen molar-refractivity contribution in [3.8, 4) is 17.0 Å². The van der Waals surface area contributed by atoms with Crippen LogP contribution in [0.3, 0.4) is 0 Å². The van der Waals surface area contributed by atoms with E-state index in [9.17, 15) is 18.3 Å². The van der Waals surface area contributed by atoms with Crippen LogP contribution in [0.1, 0.15) is 35.9 Å². The summed E-state index contributed by atoms with van der Waals surface area (Å²) >= 11 is 0. The summed E-state index contributed by atoms with van der Waals surface area (Å²) in [6, 6.07) is 8.42. The molecule has 0 spiro atoms. The maximum Gasteiger partial charge on any atom is 0.416 e. The Morgan fingerprint density at radius 3 is 2.51 bits per heavy atom. The number of ether oxygens (including phenoxy) is 3. The van der Waals surface area contributed by atoms with Gasteiger partial charge in [-0.25, -0.2) is 4.98 Å². The molecule has 1 atom stereocenters. The maximum absolute atomic E-state index is 13.1. The Balaban J connectivity index is 1.42. The summed E-state index contributed by atoms with van der Waals surface area (Å²) in [5, 5.41) is 13.5. The number of pyridine rings is 2. The highest BCUT2D eigenvalue weighted by molar-refractivity contribution is 5.74. The van der Waals surface area contributed by atoms with E-state index in [1.807, 2.05) is 13.0 Å². The third kappa shape index (κ3) is 6.60. The number of anilines is 2. The minimum atomic E-state index is -4.50. The van der Waals surface area contributed by atoms with E-state index >= 15 is 0 Å². The number of morpholine rings is 1. The first-order chi connectivity index (χ1) is 18.8. The van der Waals surface area contributed by atoms with Crippen LogP contribution in [0.15, 0.2) is 48.8 Å². The van der Waals surface area contributed by atoms with E-state index in [1.54, 1.807) is 12.3 Å². The molecule has 0 saturated carbocycles. The Hall–Kier alpha value is -3.41. The zero-order chi connectivity index (χ0) is 27.4. The summed E-state index contributed by atoms with van der Waals surface area (Å²) in [5.74, 6) is 0.562. The molecule has 0 aliphatic carbocycles. The molecule has 4 heterocycles. The van der Waals surface area contributed by atoms with Crippen molar-refractivity contribution in [1.82, 2.24) is 9.97 Å². The molecular formula is C28H31F3N4O4. The van der Waals surface area contributed by atoms with E-state index in [0.717, 1.165) is 47.5 Å². The normalized spacial score (nSPS) is 17.6. The molecule has 0 radical (unpaired) electrons. The van der Waals surface area contributed by atoms with Crippen LogP contribution in [-0.4, -0.2) is 60.7 Å². The van der Waals surface area contributed by atoms with Gasteiger partial charge in [0.25, 0.3) is 0 Å². The molecule has 2 aromatic heterocycles. The highest BCUT2D eigenvalue weighted by Gasteiger charge is 2.31. The number of aliphatic hydroxyl groups is 1. The first-order valence-corrected chi connectivity index (χ1v) is 12.9. The average molecular weight is 545 g/mol. The fraction of sp³-hybridized carbons (Fsp3) is 0.429. The number of alkyl halides is 3. The fourth-order valence-corrected chi connectivity index (χ4v) is 4.69. The lowest BCUT2D eigenvalue weighted by Crippen LogP contribution is -2.37. The van der Waals surface area contributed by atoms with Gasteiger partial charge in [-0.15, -0.1) is 0 Å². The van der Waals surface area contributed by atoms with Gasteiger partial charge in [0.2, 0.25) is 5.88 Å². The number of halogens is 3. The summed E-state index contributed by atoms with van der Waals surface area (Å²) in [7, 11) is 0.